The summed E-state index contributed by atoms with van der Waals surface area (Å²) in [5.41, 5.74) is 0. The summed E-state index contributed by atoms with van der Waals surface area (Å²) in [4.78, 5) is 12.4. The molecule has 1 atom stereocenters. The summed E-state index contributed by atoms with van der Waals surface area (Å²) in [6.45, 7) is 1.65. The SMILES string of the molecule is CN1CC[C@@H](C(=O)O)C1.Cl. The van der Waals surface area contributed by atoms with E-state index in [0.29, 0.717) is 0 Å². The van der Waals surface area contributed by atoms with E-state index in [1.807, 2.05) is 11.9 Å². The Morgan fingerprint density at radius 3 is 2.50 bits per heavy atom. The molecule has 1 rings (SSSR count). The lowest BCUT2D eigenvalue weighted by Crippen LogP contribution is -2.18. The van der Waals surface area contributed by atoms with Gasteiger partial charge in [-0.05, 0) is 20.0 Å². The fraction of sp³-hybridized carbons (Fsp3) is 0.833. The molecule has 0 aromatic heterocycles. The van der Waals surface area contributed by atoms with Crippen LogP contribution in [0, 0.1) is 5.92 Å². The maximum atomic E-state index is 10.3. The molecular formula is C6H12ClNO2. The highest BCUT2D eigenvalue weighted by Gasteiger charge is 2.24. The van der Waals surface area contributed by atoms with Crippen molar-refractivity contribution in [3.8, 4) is 0 Å². The summed E-state index contributed by atoms with van der Waals surface area (Å²) in [6.07, 6.45) is 0.811. The van der Waals surface area contributed by atoms with Gasteiger partial charge in [-0.15, -0.1) is 12.4 Å². The first-order valence-corrected chi connectivity index (χ1v) is 3.11. The van der Waals surface area contributed by atoms with Gasteiger partial charge in [0.05, 0.1) is 5.92 Å². The second-order valence-electron chi connectivity index (χ2n) is 2.59. The molecule has 4 heteroatoms. The number of rotatable bonds is 1. The molecule has 0 amide bonds. The Bertz CT molecular complexity index is 129. The number of carboxylic acid groups (broad SMARTS) is 1. The number of carboxylic acids is 1. The van der Waals surface area contributed by atoms with Crippen LogP contribution >= 0.6 is 12.4 Å². The van der Waals surface area contributed by atoms with Crippen LogP contribution in [0.15, 0.2) is 0 Å². The van der Waals surface area contributed by atoms with Crippen LogP contribution in [0.2, 0.25) is 0 Å². The van der Waals surface area contributed by atoms with Gasteiger partial charge in [-0.2, -0.15) is 0 Å². The van der Waals surface area contributed by atoms with Gasteiger partial charge in [-0.3, -0.25) is 4.79 Å². The largest absolute Gasteiger partial charge is 0.481 e. The van der Waals surface area contributed by atoms with Gasteiger partial charge in [0.1, 0.15) is 0 Å². The van der Waals surface area contributed by atoms with Crippen molar-refractivity contribution in [1.29, 1.82) is 0 Å². The molecule has 0 radical (unpaired) electrons. The molecule has 0 saturated carbocycles. The summed E-state index contributed by atoms with van der Waals surface area (Å²) < 4.78 is 0. The number of aliphatic carboxylic acids is 1. The maximum Gasteiger partial charge on any atom is 0.307 e. The Hall–Kier alpha value is -0.280. The Balaban J connectivity index is 0.000000810. The zero-order chi connectivity index (χ0) is 6.85. The molecule has 0 aliphatic carbocycles. The predicted molar refractivity (Wildman–Crippen MR) is 40.5 cm³/mol. The highest BCUT2D eigenvalue weighted by Crippen LogP contribution is 2.13. The molecule has 0 spiro atoms. The number of halogens is 1. The molecule has 1 saturated heterocycles. The third-order valence-corrected chi connectivity index (χ3v) is 1.74. The highest BCUT2D eigenvalue weighted by molar-refractivity contribution is 5.85. The standard InChI is InChI=1S/C6H11NO2.ClH/c1-7-3-2-5(4-7)6(8)9;/h5H,2-4H2,1H3,(H,8,9);1H/t5-;/m1./s1. The van der Waals surface area contributed by atoms with E-state index >= 15 is 0 Å². The van der Waals surface area contributed by atoms with Gasteiger partial charge in [0, 0.05) is 6.54 Å². The number of nitrogens with zero attached hydrogens (tertiary/aromatic N) is 1. The summed E-state index contributed by atoms with van der Waals surface area (Å²) in [5.74, 6) is -0.769. The molecular weight excluding hydrogens is 154 g/mol. The molecule has 1 N–H and O–H groups in total. The molecule has 1 aliphatic rings. The summed E-state index contributed by atoms with van der Waals surface area (Å²) >= 11 is 0. The topological polar surface area (TPSA) is 40.5 Å². The molecule has 10 heavy (non-hydrogen) atoms. The number of hydrogen-bond donors (Lipinski definition) is 1. The van der Waals surface area contributed by atoms with Crippen molar-refractivity contribution in [2.45, 2.75) is 6.42 Å². The van der Waals surface area contributed by atoms with E-state index in [4.69, 9.17) is 5.11 Å². The number of likely N-dealkylation sites (tertiary alicyclic amines) is 1. The molecule has 3 nitrogen and oxygen atoms in total. The number of hydrogen-bond acceptors (Lipinski definition) is 2. The molecule has 1 heterocycles. The van der Waals surface area contributed by atoms with Gasteiger partial charge >= 0.3 is 5.97 Å². The second kappa shape index (κ2) is 3.78. The van der Waals surface area contributed by atoms with Gasteiger partial charge in [-0.25, -0.2) is 0 Å². The van der Waals surface area contributed by atoms with E-state index in [2.05, 4.69) is 0 Å². The van der Waals surface area contributed by atoms with E-state index < -0.39 is 5.97 Å². The van der Waals surface area contributed by atoms with Crippen molar-refractivity contribution in [1.82, 2.24) is 4.90 Å². The Kier molecular flexibility index (Phi) is 3.68. The van der Waals surface area contributed by atoms with E-state index in [1.54, 1.807) is 0 Å². The summed E-state index contributed by atoms with van der Waals surface area (Å²) in [7, 11) is 1.95. The predicted octanol–water partition coefficient (Wildman–Crippen LogP) is 0.444. The third-order valence-electron chi connectivity index (χ3n) is 1.74. The van der Waals surface area contributed by atoms with Gasteiger partial charge in [-0.1, -0.05) is 0 Å². The van der Waals surface area contributed by atoms with Crippen LogP contribution in [0.5, 0.6) is 0 Å². The minimum Gasteiger partial charge on any atom is -0.481 e. The van der Waals surface area contributed by atoms with Gasteiger partial charge < -0.3 is 10.0 Å². The smallest absolute Gasteiger partial charge is 0.307 e. The first-order chi connectivity index (χ1) is 4.20. The van der Waals surface area contributed by atoms with Crippen molar-refractivity contribution in [3.63, 3.8) is 0 Å². The molecule has 0 unspecified atom stereocenters. The lowest BCUT2D eigenvalue weighted by Gasteiger charge is -2.04. The minimum atomic E-state index is -0.653. The minimum absolute atomic E-state index is 0. The molecule has 1 aliphatic heterocycles. The fourth-order valence-corrected chi connectivity index (χ4v) is 1.14. The fourth-order valence-electron chi connectivity index (χ4n) is 1.14. The van der Waals surface area contributed by atoms with E-state index in [-0.39, 0.29) is 18.3 Å². The van der Waals surface area contributed by atoms with Gasteiger partial charge in [0.15, 0.2) is 0 Å². The first-order valence-electron chi connectivity index (χ1n) is 3.11. The second-order valence-corrected chi connectivity index (χ2v) is 2.59. The maximum absolute atomic E-state index is 10.3. The van der Waals surface area contributed by atoms with Crippen molar-refractivity contribution >= 4 is 18.4 Å². The first kappa shape index (κ1) is 9.72. The lowest BCUT2D eigenvalue weighted by molar-refractivity contribution is -0.141. The summed E-state index contributed by atoms with van der Waals surface area (Å²) in [6, 6.07) is 0. The molecule has 0 bridgehead atoms. The van der Waals surface area contributed by atoms with Crippen LogP contribution < -0.4 is 0 Å². The summed E-state index contributed by atoms with van der Waals surface area (Å²) in [5, 5.41) is 8.50. The van der Waals surface area contributed by atoms with Crippen LogP contribution in [0.25, 0.3) is 0 Å². The zero-order valence-electron chi connectivity index (χ0n) is 5.91. The van der Waals surface area contributed by atoms with E-state index in [9.17, 15) is 4.79 Å². The van der Waals surface area contributed by atoms with Crippen LogP contribution in [-0.2, 0) is 4.79 Å². The van der Waals surface area contributed by atoms with Crippen LogP contribution in [0.1, 0.15) is 6.42 Å². The Morgan fingerprint density at radius 2 is 2.30 bits per heavy atom. The zero-order valence-corrected chi connectivity index (χ0v) is 6.73. The lowest BCUT2D eigenvalue weighted by atomic mass is 10.1. The third kappa shape index (κ3) is 2.15. The van der Waals surface area contributed by atoms with Crippen LogP contribution in [-0.4, -0.2) is 36.1 Å². The molecule has 0 aromatic carbocycles. The van der Waals surface area contributed by atoms with Crippen molar-refractivity contribution in [3.05, 3.63) is 0 Å². The average molecular weight is 166 g/mol. The molecule has 0 aromatic rings. The average Bonchev–Trinajstić information content (AvgIpc) is 2.14. The quantitative estimate of drug-likeness (QED) is 0.613. The Morgan fingerprint density at radius 1 is 1.70 bits per heavy atom. The number of carbonyl (C=O) groups is 1. The molecule has 60 valence electrons. The van der Waals surface area contributed by atoms with Crippen molar-refractivity contribution in [2.24, 2.45) is 5.92 Å². The normalized spacial score (nSPS) is 25.9. The van der Waals surface area contributed by atoms with E-state index in [0.717, 1.165) is 19.5 Å². The van der Waals surface area contributed by atoms with Crippen LogP contribution in [0.3, 0.4) is 0 Å². The monoisotopic (exact) mass is 165 g/mol. The van der Waals surface area contributed by atoms with Crippen molar-refractivity contribution in [2.75, 3.05) is 20.1 Å². The Labute approximate surface area is 66.4 Å². The van der Waals surface area contributed by atoms with Crippen LogP contribution in [0.4, 0.5) is 0 Å². The highest BCUT2D eigenvalue weighted by atomic mass is 35.5. The van der Waals surface area contributed by atoms with Gasteiger partial charge in [0.2, 0.25) is 0 Å². The van der Waals surface area contributed by atoms with Crippen molar-refractivity contribution < 1.29 is 9.90 Å². The van der Waals surface area contributed by atoms with E-state index in [1.165, 1.54) is 0 Å². The van der Waals surface area contributed by atoms with Gasteiger partial charge in [0.25, 0.3) is 0 Å². The molecule has 1 fully saturated rings.